The summed E-state index contributed by atoms with van der Waals surface area (Å²) in [5, 5.41) is 12.1. The maximum atomic E-state index is 12.0. The zero-order valence-electron chi connectivity index (χ0n) is 19.1. The third-order valence-electron chi connectivity index (χ3n) is 5.32. The van der Waals surface area contributed by atoms with Crippen LogP contribution in [-0.2, 0) is 9.53 Å². The summed E-state index contributed by atoms with van der Waals surface area (Å²) in [6.07, 6.45) is 16.4. The molecule has 0 saturated carbocycles. The summed E-state index contributed by atoms with van der Waals surface area (Å²) in [6, 6.07) is 0. The van der Waals surface area contributed by atoms with E-state index in [1.165, 1.54) is 51.4 Å². The second-order valence-corrected chi connectivity index (χ2v) is 8.76. The van der Waals surface area contributed by atoms with Gasteiger partial charge in [0.1, 0.15) is 0 Å². The van der Waals surface area contributed by atoms with E-state index in [1.54, 1.807) is 0 Å². The molecular weight excluding hydrogens is 350 g/mol. The van der Waals surface area contributed by atoms with Crippen LogP contribution >= 0.6 is 0 Å². The van der Waals surface area contributed by atoms with Crippen LogP contribution in [0, 0.1) is 11.8 Å². The van der Waals surface area contributed by atoms with Crippen molar-refractivity contribution in [1.82, 2.24) is 5.32 Å². The summed E-state index contributed by atoms with van der Waals surface area (Å²) in [5.74, 6) is 0.860. The Morgan fingerprint density at radius 2 is 1.29 bits per heavy atom. The molecule has 0 fully saturated rings. The minimum absolute atomic E-state index is 0.00751. The summed E-state index contributed by atoms with van der Waals surface area (Å²) in [7, 11) is 0. The highest BCUT2D eigenvalue weighted by Crippen LogP contribution is 2.15. The number of hydrogen-bond acceptors (Lipinski definition) is 4. The molecule has 0 amide bonds. The van der Waals surface area contributed by atoms with E-state index in [0.29, 0.717) is 13.2 Å². The zero-order valence-corrected chi connectivity index (χ0v) is 19.1. The van der Waals surface area contributed by atoms with Crippen LogP contribution in [0.3, 0.4) is 0 Å². The summed E-state index contributed by atoms with van der Waals surface area (Å²) in [6.45, 7) is 9.53. The standard InChI is InChI=1S/C24H49NO3/c1-22(2)16-10-6-4-7-11-17-23(3)24(27)28-21-15-9-5-8-12-18-25-19-13-14-20-26/h22-23,25-26H,4-21H2,1-3H3. The molecule has 2 N–H and O–H groups in total. The van der Waals surface area contributed by atoms with E-state index in [4.69, 9.17) is 9.84 Å². The van der Waals surface area contributed by atoms with Crippen LogP contribution < -0.4 is 5.32 Å². The molecule has 0 aromatic carbocycles. The van der Waals surface area contributed by atoms with Crippen molar-refractivity contribution in [3.8, 4) is 0 Å². The van der Waals surface area contributed by atoms with Crippen molar-refractivity contribution in [2.24, 2.45) is 11.8 Å². The van der Waals surface area contributed by atoms with Crippen molar-refractivity contribution < 1.29 is 14.6 Å². The Hall–Kier alpha value is -0.610. The normalized spacial score (nSPS) is 12.5. The van der Waals surface area contributed by atoms with Gasteiger partial charge in [0.2, 0.25) is 0 Å². The van der Waals surface area contributed by atoms with Crippen LogP contribution in [0.25, 0.3) is 0 Å². The maximum absolute atomic E-state index is 12.0. The van der Waals surface area contributed by atoms with Gasteiger partial charge in [-0.2, -0.15) is 0 Å². The van der Waals surface area contributed by atoms with Gasteiger partial charge in [-0.3, -0.25) is 4.79 Å². The van der Waals surface area contributed by atoms with Crippen molar-refractivity contribution in [2.45, 2.75) is 111 Å². The molecule has 0 rings (SSSR count). The highest BCUT2D eigenvalue weighted by atomic mass is 16.5. The molecule has 0 aromatic rings. The van der Waals surface area contributed by atoms with Crippen molar-refractivity contribution >= 4 is 5.97 Å². The molecule has 28 heavy (non-hydrogen) atoms. The number of aliphatic hydroxyl groups is 1. The Labute approximate surface area is 175 Å². The molecule has 4 nitrogen and oxygen atoms in total. The molecule has 0 bridgehead atoms. The molecule has 1 unspecified atom stereocenters. The average Bonchev–Trinajstić information content (AvgIpc) is 2.67. The van der Waals surface area contributed by atoms with Crippen LogP contribution in [0.1, 0.15) is 111 Å². The third-order valence-corrected chi connectivity index (χ3v) is 5.32. The van der Waals surface area contributed by atoms with Gasteiger partial charge in [0.25, 0.3) is 0 Å². The molecule has 0 radical (unpaired) electrons. The summed E-state index contributed by atoms with van der Waals surface area (Å²) in [4.78, 5) is 12.0. The first-order chi connectivity index (χ1) is 13.6. The van der Waals surface area contributed by atoms with Crippen LogP contribution in [0.15, 0.2) is 0 Å². The fraction of sp³-hybridized carbons (Fsp3) is 0.958. The lowest BCUT2D eigenvalue weighted by atomic mass is 10.0. The molecule has 0 aromatic heterocycles. The van der Waals surface area contributed by atoms with E-state index in [0.717, 1.165) is 57.5 Å². The van der Waals surface area contributed by atoms with E-state index in [1.807, 2.05) is 6.92 Å². The Balaban J connectivity index is 3.32. The lowest BCUT2D eigenvalue weighted by molar-refractivity contribution is -0.148. The van der Waals surface area contributed by atoms with Crippen LogP contribution in [0.2, 0.25) is 0 Å². The van der Waals surface area contributed by atoms with Crippen LogP contribution in [0.5, 0.6) is 0 Å². The maximum Gasteiger partial charge on any atom is 0.308 e. The van der Waals surface area contributed by atoms with E-state index >= 15 is 0 Å². The monoisotopic (exact) mass is 399 g/mol. The molecule has 0 aliphatic heterocycles. The molecule has 168 valence electrons. The second kappa shape index (κ2) is 21.1. The number of esters is 1. The summed E-state index contributed by atoms with van der Waals surface area (Å²) in [5.41, 5.74) is 0. The minimum atomic E-state index is -0.00751. The fourth-order valence-corrected chi connectivity index (χ4v) is 3.34. The van der Waals surface area contributed by atoms with E-state index in [-0.39, 0.29) is 11.9 Å². The topological polar surface area (TPSA) is 58.6 Å². The molecule has 0 aliphatic rings. The lowest BCUT2D eigenvalue weighted by Gasteiger charge is -2.11. The van der Waals surface area contributed by atoms with Gasteiger partial charge < -0.3 is 15.2 Å². The third kappa shape index (κ3) is 20.1. The first kappa shape index (κ1) is 27.4. The molecule has 0 spiro atoms. The van der Waals surface area contributed by atoms with Gasteiger partial charge >= 0.3 is 5.97 Å². The zero-order chi connectivity index (χ0) is 20.9. The molecule has 0 aliphatic carbocycles. The first-order valence-corrected chi connectivity index (χ1v) is 12.1. The van der Waals surface area contributed by atoms with Gasteiger partial charge in [-0.05, 0) is 51.1 Å². The lowest BCUT2D eigenvalue weighted by Crippen LogP contribution is -2.17. The molecule has 0 heterocycles. The number of rotatable bonds is 21. The summed E-state index contributed by atoms with van der Waals surface area (Å²) < 4.78 is 5.44. The Morgan fingerprint density at radius 3 is 1.93 bits per heavy atom. The van der Waals surface area contributed by atoms with Crippen molar-refractivity contribution in [3.63, 3.8) is 0 Å². The van der Waals surface area contributed by atoms with E-state index in [2.05, 4.69) is 19.2 Å². The number of hydrogen-bond donors (Lipinski definition) is 2. The smallest absolute Gasteiger partial charge is 0.308 e. The fourth-order valence-electron chi connectivity index (χ4n) is 3.34. The average molecular weight is 400 g/mol. The number of carbonyl (C=O) groups excluding carboxylic acids is 1. The van der Waals surface area contributed by atoms with Gasteiger partial charge in [0.05, 0.1) is 12.5 Å². The second-order valence-electron chi connectivity index (χ2n) is 8.76. The number of nitrogens with one attached hydrogen (secondary N) is 1. The molecule has 1 atom stereocenters. The predicted octanol–water partition coefficient (Wildman–Crippen LogP) is 5.87. The highest BCUT2D eigenvalue weighted by molar-refractivity contribution is 5.71. The predicted molar refractivity (Wildman–Crippen MR) is 120 cm³/mol. The van der Waals surface area contributed by atoms with Gasteiger partial charge in [-0.1, -0.05) is 78.6 Å². The molecular formula is C24H49NO3. The SMILES string of the molecule is CC(C)CCCCCCCC(C)C(=O)OCCCCCCCNCCCCO. The number of unbranched alkanes of at least 4 members (excludes halogenated alkanes) is 9. The van der Waals surface area contributed by atoms with Gasteiger partial charge in [0.15, 0.2) is 0 Å². The van der Waals surface area contributed by atoms with Crippen molar-refractivity contribution in [1.29, 1.82) is 0 Å². The molecule has 0 saturated heterocycles. The largest absolute Gasteiger partial charge is 0.465 e. The molecule has 4 heteroatoms. The quantitative estimate of drug-likeness (QED) is 0.187. The van der Waals surface area contributed by atoms with Crippen LogP contribution in [-0.4, -0.2) is 37.4 Å². The Morgan fingerprint density at radius 1 is 0.750 bits per heavy atom. The Kier molecular flexibility index (Phi) is 20.6. The number of aliphatic hydroxyl groups excluding tert-OH is 1. The van der Waals surface area contributed by atoms with Crippen molar-refractivity contribution in [2.75, 3.05) is 26.3 Å². The van der Waals surface area contributed by atoms with E-state index < -0.39 is 0 Å². The Bertz CT molecular complexity index is 334. The minimum Gasteiger partial charge on any atom is -0.465 e. The van der Waals surface area contributed by atoms with E-state index in [9.17, 15) is 4.79 Å². The van der Waals surface area contributed by atoms with Gasteiger partial charge in [-0.25, -0.2) is 0 Å². The number of ether oxygens (including phenoxy) is 1. The first-order valence-electron chi connectivity index (χ1n) is 12.1. The van der Waals surface area contributed by atoms with Crippen LogP contribution in [0.4, 0.5) is 0 Å². The summed E-state index contributed by atoms with van der Waals surface area (Å²) >= 11 is 0. The number of carbonyl (C=O) groups is 1. The van der Waals surface area contributed by atoms with Gasteiger partial charge in [0, 0.05) is 6.61 Å². The van der Waals surface area contributed by atoms with Gasteiger partial charge in [-0.15, -0.1) is 0 Å². The van der Waals surface area contributed by atoms with Crippen molar-refractivity contribution in [3.05, 3.63) is 0 Å². The highest BCUT2D eigenvalue weighted by Gasteiger charge is 2.13.